The molecule has 0 saturated heterocycles. The lowest BCUT2D eigenvalue weighted by molar-refractivity contribution is 0.0926. The van der Waals surface area contributed by atoms with E-state index in [-0.39, 0.29) is 10.6 Å². The maximum absolute atomic E-state index is 13.0. The first-order valence-corrected chi connectivity index (χ1v) is 3.77. The first-order valence-electron chi connectivity index (χ1n) is 3.39. The highest BCUT2D eigenvalue weighted by molar-refractivity contribution is 6.30. The van der Waals surface area contributed by atoms with Gasteiger partial charge in [-0.3, -0.25) is 0 Å². The Kier molecular flexibility index (Phi) is 3.03. The van der Waals surface area contributed by atoms with Crippen molar-refractivity contribution in [3.05, 3.63) is 34.6 Å². The van der Waals surface area contributed by atoms with Crippen LogP contribution in [0.1, 0.15) is 11.7 Å². The predicted molar refractivity (Wildman–Crippen MR) is 43.5 cm³/mol. The van der Waals surface area contributed by atoms with E-state index in [4.69, 9.17) is 21.8 Å². The Bertz CT molecular complexity index is 278. The molecule has 1 unspecified atom stereocenters. The zero-order valence-electron chi connectivity index (χ0n) is 6.17. The molecule has 1 aromatic rings. The minimum atomic E-state index is -1.20. The summed E-state index contributed by atoms with van der Waals surface area (Å²) in [5.41, 5.74) is 0.0185. The van der Waals surface area contributed by atoms with Gasteiger partial charge in [0.05, 0.1) is 11.6 Å². The Morgan fingerprint density at radius 2 is 2.17 bits per heavy atom. The van der Waals surface area contributed by atoms with Gasteiger partial charge in [-0.15, -0.1) is 0 Å². The lowest BCUT2D eigenvalue weighted by atomic mass is 10.1. The second-order valence-corrected chi connectivity index (χ2v) is 2.75. The molecule has 66 valence electrons. The van der Waals surface area contributed by atoms with Crippen molar-refractivity contribution in [2.45, 2.75) is 6.10 Å². The molecule has 0 aromatic heterocycles. The van der Waals surface area contributed by atoms with Crippen LogP contribution in [-0.2, 0) is 0 Å². The highest BCUT2D eigenvalue weighted by Gasteiger charge is 2.13. The number of rotatable bonds is 2. The van der Waals surface area contributed by atoms with E-state index in [1.807, 2.05) is 0 Å². The molecule has 1 rings (SSSR count). The summed E-state index contributed by atoms with van der Waals surface area (Å²) in [5.74, 6) is -0.680. The van der Waals surface area contributed by atoms with E-state index < -0.39 is 18.5 Å². The highest BCUT2D eigenvalue weighted by Crippen LogP contribution is 2.22. The van der Waals surface area contributed by atoms with Gasteiger partial charge >= 0.3 is 0 Å². The average Bonchev–Trinajstić information content (AvgIpc) is 2.08. The maximum atomic E-state index is 13.0. The lowest BCUT2D eigenvalue weighted by Crippen LogP contribution is -2.05. The second-order valence-electron chi connectivity index (χ2n) is 2.34. The standard InChI is InChI=1S/C8H8ClFO2/c9-6-3-1-2-5(8(6)10)7(12)4-11/h1-3,7,11-12H,4H2. The van der Waals surface area contributed by atoms with Gasteiger partial charge in [-0.05, 0) is 6.07 Å². The van der Waals surface area contributed by atoms with Crippen LogP contribution in [0.5, 0.6) is 0 Å². The molecule has 0 amide bonds. The van der Waals surface area contributed by atoms with Crippen molar-refractivity contribution in [3.63, 3.8) is 0 Å². The lowest BCUT2D eigenvalue weighted by Gasteiger charge is -2.08. The Morgan fingerprint density at radius 3 is 2.75 bits per heavy atom. The van der Waals surface area contributed by atoms with Crippen LogP contribution in [0.2, 0.25) is 5.02 Å². The summed E-state index contributed by atoms with van der Waals surface area (Å²) in [5, 5.41) is 17.6. The van der Waals surface area contributed by atoms with E-state index in [0.29, 0.717) is 0 Å². The fourth-order valence-electron chi connectivity index (χ4n) is 0.876. The summed E-state index contributed by atoms with van der Waals surface area (Å²) in [4.78, 5) is 0. The Morgan fingerprint density at radius 1 is 1.50 bits per heavy atom. The van der Waals surface area contributed by atoms with Gasteiger partial charge in [0.2, 0.25) is 0 Å². The largest absolute Gasteiger partial charge is 0.393 e. The van der Waals surface area contributed by atoms with E-state index in [2.05, 4.69) is 0 Å². The average molecular weight is 191 g/mol. The van der Waals surface area contributed by atoms with Crippen LogP contribution in [0.4, 0.5) is 4.39 Å². The van der Waals surface area contributed by atoms with E-state index in [9.17, 15) is 4.39 Å². The molecule has 0 aliphatic heterocycles. The molecule has 2 N–H and O–H groups in total. The van der Waals surface area contributed by atoms with Crippen LogP contribution in [0.3, 0.4) is 0 Å². The number of aliphatic hydroxyl groups is 2. The summed E-state index contributed by atoms with van der Waals surface area (Å²) in [6.07, 6.45) is -1.20. The monoisotopic (exact) mass is 190 g/mol. The molecule has 0 fully saturated rings. The molecule has 0 radical (unpaired) electrons. The first kappa shape index (κ1) is 9.45. The van der Waals surface area contributed by atoms with Crippen molar-refractivity contribution >= 4 is 11.6 Å². The third-order valence-corrected chi connectivity index (χ3v) is 1.81. The van der Waals surface area contributed by atoms with Gasteiger partial charge in [-0.1, -0.05) is 23.7 Å². The molecule has 0 aliphatic rings. The van der Waals surface area contributed by atoms with Crippen LogP contribution >= 0.6 is 11.6 Å². The highest BCUT2D eigenvalue weighted by atomic mass is 35.5. The number of halogens is 2. The molecule has 0 spiro atoms. The molecule has 1 aromatic carbocycles. The molecule has 0 aliphatic carbocycles. The van der Waals surface area contributed by atoms with Crippen molar-refractivity contribution in [1.29, 1.82) is 0 Å². The van der Waals surface area contributed by atoms with Gasteiger partial charge in [0.25, 0.3) is 0 Å². The third kappa shape index (κ3) is 1.75. The van der Waals surface area contributed by atoms with E-state index in [1.165, 1.54) is 18.2 Å². The molecule has 4 heteroatoms. The number of benzene rings is 1. The van der Waals surface area contributed by atoms with Gasteiger partial charge in [-0.25, -0.2) is 4.39 Å². The third-order valence-electron chi connectivity index (χ3n) is 1.51. The Hall–Kier alpha value is -0.640. The predicted octanol–water partition coefficient (Wildman–Crippen LogP) is 1.50. The second kappa shape index (κ2) is 3.85. The smallest absolute Gasteiger partial charge is 0.147 e. The molecular formula is C8H8ClFO2. The van der Waals surface area contributed by atoms with Gasteiger partial charge in [-0.2, -0.15) is 0 Å². The van der Waals surface area contributed by atoms with Crippen LogP contribution < -0.4 is 0 Å². The number of hydrogen-bond acceptors (Lipinski definition) is 2. The van der Waals surface area contributed by atoms with Crippen LogP contribution in [0.25, 0.3) is 0 Å². The van der Waals surface area contributed by atoms with Crippen LogP contribution in [0, 0.1) is 5.82 Å². The van der Waals surface area contributed by atoms with Gasteiger partial charge in [0.1, 0.15) is 11.9 Å². The minimum Gasteiger partial charge on any atom is -0.393 e. The van der Waals surface area contributed by atoms with Crippen molar-refractivity contribution in [2.75, 3.05) is 6.61 Å². The fourth-order valence-corrected chi connectivity index (χ4v) is 1.06. The topological polar surface area (TPSA) is 40.5 Å². The molecule has 0 bridgehead atoms. The van der Waals surface area contributed by atoms with Crippen molar-refractivity contribution < 1.29 is 14.6 Å². The Labute approximate surface area is 74.2 Å². The summed E-state index contributed by atoms with van der Waals surface area (Å²) in [6, 6.07) is 4.27. The van der Waals surface area contributed by atoms with E-state index in [1.54, 1.807) is 0 Å². The summed E-state index contributed by atoms with van der Waals surface area (Å²) >= 11 is 5.45. The van der Waals surface area contributed by atoms with Crippen LogP contribution in [0.15, 0.2) is 18.2 Å². The maximum Gasteiger partial charge on any atom is 0.147 e. The summed E-state index contributed by atoms with van der Waals surface area (Å²) in [7, 11) is 0. The van der Waals surface area contributed by atoms with Crippen molar-refractivity contribution in [1.82, 2.24) is 0 Å². The fraction of sp³-hybridized carbons (Fsp3) is 0.250. The SMILES string of the molecule is OCC(O)c1cccc(Cl)c1F. The van der Waals surface area contributed by atoms with Crippen LogP contribution in [-0.4, -0.2) is 16.8 Å². The normalized spacial score (nSPS) is 13.0. The van der Waals surface area contributed by atoms with Gasteiger partial charge < -0.3 is 10.2 Å². The van der Waals surface area contributed by atoms with Crippen molar-refractivity contribution in [2.24, 2.45) is 0 Å². The number of hydrogen-bond donors (Lipinski definition) is 2. The van der Waals surface area contributed by atoms with Gasteiger partial charge in [0, 0.05) is 5.56 Å². The molecular weight excluding hydrogens is 183 g/mol. The minimum absolute atomic E-state index is 0.0185. The summed E-state index contributed by atoms with van der Waals surface area (Å²) in [6.45, 7) is -0.517. The molecule has 0 heterocycles. The number of aliphatic hydroxyl groups excluding tert-OH is 2. The van der Waals surface area contributed by atoms with E-state index >= 15 is 0 Å². The van der Waals surface area contributed by atoms with Gasteiger partial charge in [0.15, 0.2) is 0 Å². The molecule has 1 atom stereocenters. The molecule has 2 nitrogen and oxygen atoms in total. The molecule has 12 heavy (non-hydrogen) atoms. The first-order chi connectivity index (χ1) is 5.66. The molecule has 0 saturated carbocycles. The van der Waals surface area contributed by atoms with E-state index in [0.717, 1.165) is 0 Å². The Balaban J connectivity index is 3.07. The quantitative estimate of drug-likeness (QED) is 0.742. The van der Waals surface area contributed by atoms with Crippen molar-refractivity contribution in [3.8, 4) is 0 Å². The summed E-state index contributed by atoms with van der Waals surface area (Å²) < 4.78 is 13.0. The zero-order chi connectivity index (χ0) is 9.14. The zero-order valence-corrected chi connectivity index (χ0v) is 6.92.